The molecule has 0 aromatic carbocycles. The van der Waals surface area contributed by atoms with Crippen LogP contribution in [-0.4, -0.2) is 39.0 Å². The molecule has 26 heavy (non-hydrogen) atoms. The fourth-order valence-corrected chi connectivity index (χ4v) is 3.50. The summed E-state index contributed by atoms with van der Waals surface area (Å²) < 4.78 is 5.34. The van der Waals surface area contributed by atoms with Crippen LogP contribution in [0.5, 0.6) is 0 Å². The van der Waals surface area contributed by atoms with Crippen LogP contribution in [0, 0.1) is 0 Å². The molecule has 6 nitrogen and oxygen atoms in total. The van der Waals surface area contributed by atoms with Crippen LogP contribution in [0.1, 0.15) is 61.5 Å². The van der Waals surface area contributed by atoms with E-state index < -0.39 is 0 Å². The van der Waals surface area contributed by atoms with Crippen LogP contribution in [0.2, 0.25) is 0 Å². The third-order valence-electron chi connectivity index (χ3n) is 5.05. The summed E-state index contributed by atoms with van der Waals surface area (Å²) >= 11 is 0. The van der Waals surface area contributed by atoms with Gasteiger partial charge in [-0.05, 0) is 31.0 Å². The zero-order chi connectivity index (χ0) is 18.3. The van der Waals surface area contributed by atoms with Crippen molar-refractivity contribution >= 4 is 16.9 Å². The number of likely N-dealkylation sites (tertiary alicyclic amines) is 1. The maximum absolute atomic E-state index is 12.9. The standard InChI is InChI=1S/C20H24N4O2/c1-20(2,3)18-11-17(26-23-18)19(25)24-9-5-6-13(12-24)15-10-16-14(22-15)7-4-8-21-16/h4,7-8,10-11,13,22H,5-6,9,12H2,1-3H3. The van der Waals surface area contributed by atoms with Crippen molar-refractivity contribution in [1.29, 1.82) is 0 Å². The zero-order valence-corrected chi connectivity index (χ0v) is 15.5. The second kappa shape index (κ2) is 6.27. The number of pyridine rings is 1. The molecule has 1 amide bonds. The van der Waals surface area contributed by atoms with Crippen LogP contribution in [-0.2, 0) is 5.41 Å². The average Bonchev–Trinajstić information content (AvgIpc) is 3.28. The molecule has 0 aliphatic carbocycles. The van der Waals surface area contributed by atoms with Gasteiger partial charge in [-0.1, -0.05) is 25.9 Å². The molecule has 1 aliphatic rings. The van der Waals surface area contributed by atoms with Gasteiger partial charge in [-0.2, -0.15) is 0 Å². The van der Waals surface area contributed by atoms with E-state index in [0.717, 1.165) is 41.8 Å². The Kier molecular flexibility index (Phi) is 4.05. The fourth-order valence-electron chi connectivity index (χ4n) is 3.50. The summed E-state index contributed by atoms with van der Waals surface area (Å²) in [6.07, 6.45) is 3.83. The van der Waals surface area contributed by atoms with Gasteiger partial charge in [0, 0.05) is 42.4 Å². The normalized spacial score (nSPS) is 18.4. The third-order valence-corrected chi connectivity index (χ3v) is 5.05. The van der Waals surface area contributed by atoms with Crippen molar-refractivity contribution in [3.63, 3.8) is 0 Å². The SMILES string of the molecule is CC(C)(C)c1cc(C(=O)N2CCCC(c3cc4ncccc4[nH]3)C2)on1. The Morgan fingerprint density at radius 3 is 2.92 bits per heavy atom. The maximum atomic E-state index is 12.9. The van der Waals surface area contributed by atoms with Crippen molar-refractivity contribution in [1.82, 2.24) is 20.0 Å². The van der Waals surface area contributed by atoms with Crippen LogP contribution in [0.15, 0.2) is 35.0 Å². The zero-order valence-electron chi connectivity index (χ0n) is 15.5. The number of piperidine rings is 1. The molecule has 0 bridgehead atoms. The molecule has 1 saturated heterocycles. The highest BCUT2D eigenvalue weighted by Crippen LogP contribution is 2.29. The lowest BCUT2D eigenvalue weighted by atomic mass is 9.92. The molecule has 0 radical (unpaired) electrons. The first-order chi connectivity index (χ1) is 12.4. The lowest BCUT2D eigenvalue weighted by Gasteiger charge is -2.31. The van der Waals surface area contributed by atoms with Crippen molar-refractivity contribution in [2.24, 2.45) is 0 Å². The number of aromatic nitrogens is 3. The number of aromatic amines is 1. The van der Waals surface area contributed by atoms with Crippen LogP contribution >= 0.6 is 0 Å². The van der Waals surface area contributed by atoms with E-state index in [-0.39, 0.29) is 17.2 Å². The fraction of sp³-hybridized carbons (Fsp3) is 0.450. The van der Waals surface area contributed by atoms with E-state index in [2.05, 4.69) is 42.0 Å². The van der Waals surface area contributed by atoms with Crippen LogP contribution in [0.3, 0.4) is 0 Å². The van der Waals surface area contributed by atoms with Gasteiger partial charge >= 0.3 is 0 Å². The molecular weight excluding hydrogens is 328 g/mol. The molecule has 1 N–H and O–H groups in total. The Hall–Kier alpha value is -2.63. The van der Waals surface area contributed by atoms with Gasteiger partial charge in [-0.15, -0.1) is 0 Å². The summed E-state index contributed by atoms with van der Waals surface area (Å²) in [6, 6.07) is 7.83. The number of fused-ring (bicyclic) bond motifs is 1. The molecule has 3 aromatic rings. The number of amides is 1. The first kappa shape index (κ1) is 16.8. The minimum absolute atomic E-state index is 0.0769. The summed E-state index contributed by atoms with van der Waals surface area (Å²) in [5, 5.41) is 4.07. The summed E-state index contributed by atoms with van der Waals surface area (Å²) in [5.74, 6) is 0.535. The Balaban J connectivity index is 1.52. The van der Waals surface area contributed by atoms with Crippen LogP contribution in [0.25, 0.3) is 11.0 Å². The van der Waals surface area contributed by atoms with Gasteiger partial charge in [0.2, 0.25) is 5.76 Å². The topological polar surface area (TPSA) is 75.0 Å². The van der Waals surface area contributed by atoms with Gasteiger partial charge in [-0.3, -0.25) is 9.78 Å². The molecule has 1 fully saturated rings. The number of rotatable bonds is 2. The van der Waals surface area contributed by atoms with Crippen molar-refractivity contribution < 1.29 is 9.32 Å². The minimum atomic E-state index is -0.135. The molecule has 1 atom stereocenters. The van der Waals surface area contributed by atoms with Gasteiger partial charge in [0.05, 0.1) is 16.7 Å². The molecule has 3 aromatic heterocycles. The summed E-state index contributed by atoms with van der Waals surface area (Å²) in [7, 11) is 0. The molecular formula is C20H24N4O2. The van der Waals surface area contributed by atoms with Crippen molar-refractivity contribution in [2.45, 2.75) is 44.9 Å². The molecule has 4 rings (SSSR count). The van der Waals surface area contributed by atoms with Gasteiger partial charge in [0.1, 0.15) is 0 Å². The highest BCUT2D eigenvalue weighted by atomic mass is 16.5. The van der Waals surface area contributed by atoms with Crippen molar-refractivity contribution in [3.8, 4) is 0 Å². The van der Waals surface area contributed by atoms with Gasteiger partial charge < -0.3 is 14.4 Å². The maximum Gasteiger partial charge on any atom is 0.292 e. The van der Waals surface area contributed by atoms with Crippen molar-refractivity contribution in [2.75, 3.05) is 13.1 Å². The molecule has 136 valence electrons. The number of H-pyrrole nitrogens is 1. The largest absolute Gasteiger partial charge is 0.357 e. The Morgan fingerprint density at radius 1 is 1.35 bits per heavy atom. The van der Waals surface area contributed by atoms with E-state index in [4.69, 9.17) is 4.52 Å². The van der Waals surface area contributed by atoms with E-state index in [0.29, 0.717) is 12.3 Å². The van der Waals surface area contributed by atoms with E-state index >= 15 is 0 Å². The van der Waals surface area contributed by atoms with Crippen LogP contribution < -0.4 is 0 Å². The minimum Gasteiger partial charge on any atom is -0.357 e. The number of hydrogen-bond donors (Lipinski definition) is 1. The lowest BCUT2D eigenvalue weighted by molar-refractivity contribution is 0.0664. The van der Waals surface area contributed by atoms with E-state index in [9.17, 15) is 4.79 Å². The molecule has 0 saturated carbocycles. The van der Waals surface area contributed by atoms with E-state index in [1.165, 1.54) is 0 Å². The summed E-state index contributed by atoms with van der Waals surface area (Å²) in [4.78, 5) is 22.6. The smallest absolute Gasteiger partial charge is 0.292 e. The first-order valence-corrected chi connectivity index (χ1v) is 9.12. The molecule has 1 aliphatic heterocycles. The Bertz CT molecular complexity index is 902. The monoisotopic (exact) mass is 352 g/mol. The number of nitrogens with zero attached hydrogens (tertiary/aromatic N) is 3. The number of hydrogen-bond acceptors (Lipinski definition) is 4. The number of carbonyl (C=O) groups excluding carboxylic acids is 1. The predicted molar refractivity (Wildman–Crippen MR) is 99.2 cm³/mol. The second-order valence-corrected chi connectivity index (χ2v) is 8.08. The molecule has 4 heterocycles. The highest BCUT2D eigenvalue weighted by Gasteiger charge is 2.29. The Labute approximate surface area is 152 Å². The highest BCUT2D eigenvalue weighted by molar-refractivity contribution is 5.91. The summed E-state index contributed by atoms with van der Waals surface area (Å²) in [6.45, 7) is 7.59. The van der Waals surface area contributed by atoms with Gasteiger partial charge in [-0.25, -0.2) is 0 Å². The Morgan fingerprint density at radius 2 is 2.19 bits per heavy atom. The summed E-state index contributed by atoms with van der Waals surface area (Å²) in [5.41, 5.74) is 3.82. The number of carbonyl (C=O) groups is 1. The van der Waals surface area contributed by atoms with E-state index in [1.807, 2.05) is 17.0 Å². The van der Waals surface area contributed by atoms with Gasteiger partial charge in [0.25, 0.3) is 5.91 Å². The third kappa shape index (κ3) is 3.11. The van der Waals surface area contributed by atoms with Crippen molar-refractivity contribution in [3.05, 3.63) is 47.6 Å². The predicted octanol–water partition coefficient (Wildman–Crippen LogP) is 3.87. The first-order valence-electron chi connectivity index (χ1n) is 9.12. The molecule has 6 heteroatoms. The molecule has 0 spiro atoms. The second-order valence-electron chi connectivity index (χ2n) is 8.08. The quantitative estimate of drug-likeness (QED) is 0.760. The van der Waals surface area contributed by atoms with Crippen LogP contribution in [0.4, 0.5) is 0 Å². The van der Waals surface area contributed by atoms with E-state index in [1.54, 1.807) is 12.3 Å². The lowest BCUT2D eigenvalue weighted by Crippen LogP contribution is -2.39. The molecule has 1 unspecified atom stereocenters. The number of nitrogens with one attached hydrogen (secondary N) is 1. The van der Waals surface area contributed by atoms with Gasteiger partial charge in [0.15, 0.2) is 0 Å². The average molecular weight is 352 g/mol.